The van der Waals surface area contributed by atoms with E-state index in [2.05, 4.69) is 0 Å². The van der Waals surface area contributed by atoms with Gasteiger partial charge in [-0.2, -0.15) is 0 Å². The van der Waals surface area contributed by atoms with Crippen LogP contribution in [0.15, 0.2) is 48.5 Å². The first kappa shape index (κ1) is 14.0. The minimum Gasteiger partial charge on any atom is -0.457 e. The predicted molar refractivity (Wildman–Crippen MR) is 73.7 cm³/mol. The second kappa shape index (κ2) is 6.16. The van der Waals surface area contributed by atoms with E-state index >= 15 is 0 Å². The number of benzene rings is 2. The molecule has 0 fully saturated rings. The van der Waals surface area contributed by atoms with Crippen molar-refractivity contribution in [2.45, 2.75) is 6.61 Å². The van der Waals surface area contributed by atoms with Crippen LogP contribution in [0.3, 0.4) is 0 Å². The van der Waals surface area contributed by atoms with Crippen LogP contribution in [-0.2, 0) is 11.3 Å². The first-order chi connectivity index (χ1) is 9.58. The van der Waals surface area contributed by atoms with Crippen LogP contribution in [-0.4, -0.2) is 10.9 Å². The van der Waals surface area contributed by atoms with Crippen molar-refractivity contribution >= 4 is 23.3 Å². The Bertz CT molecular complexity index is 643. The maximum atomic E-state index is 11.9. The molecule has 102 valence electrons. The smallest absolute Gasteiger partial charge is 0.345 e. The highest BCUT2D eigenvalue weighted by Gasteiger charge is 2.21. The number of halogens is 1. The number of nitro benzene ring substituents is 1. The SMILES string of the molecule is O=C(OCc1ccccc1)c1ccc(Cl)cc1[N+](=O)[O-]. The molecule has 20 heavy (non-hydrogen) atoms. The zero-order chi connectivity index (χ0) is 14.5. The Morgan fingerprint density at radius 1 is 1.20 bits per heavy atom. The van der Waals surface area contributed by atoms with Crippen LogP contribution in [0, 0.1) is 10.1 Å². The fraction of sp³-hybridized carbons (Fsp3) is 0.0714. The van der Waals surface area contributed by atoms with Crippen molar-refractivity contribution in [1.82, 2.24) is 0 Å². The Morgan fingerprint density at radius 2 is 1.90 bits per heavy atom. The standard InChI is InChI=1S/C14H10ClNO4/c15-11-6-7-12(13(8-11)16(18)19)14(17)20-9-10-4-2-1-3-5-10/h1-8H,9H2. The van der Waals surface area contributed by atoms with Gasteiger partial charge in [-0.25, -0.2) is 4.79 Å². The summed E-state index contributed by atoms with van der Waals surface area (Å²) in [6.45, 7) is 0.0550. The zero-order valence-corrected chi connectivity index (χ0v) is 11.0. The van der Waals surface area contributed by atoms with Gasteiger partial charge in [0.05, 0.1) is 4.92 Å². The van der Waals surface area contributed by atoms with Crippen LogP contribution in [0.1, 0.15) is 15.9 Å². The van der Waals surface area contributed by atoms with E-state index in [0.29, 0.717) is 0 Å². The fourth-order valence-corrected chi connectivity index (χ4v) is 1.80. The highest BCUT2D eigenvalue weighted by atomic mass is 35.5. The summed E-state index contributed by atoms with van der Waals surface area (Å²) in [5, 5.41) is 11.1. The van der Waals surface area contributed by atoms with Crippen LogP contribution in [0.5, 0.6) is 0 Å². The number of esters is 1. The van der Waals surface area contributed by atoms with E-state index in [1.165, 1.54) is 12.1 Å². The topological polar surface area (TPSA) is 69.4 Å². The molecule has 0 aliphatic heterocycles. The molecule has 2 rings (SSSR count). The van der Waals surface area contributed by atoms with E-state index in [9.17, 15) is 14.9 Å². The number of rotatable bonds is 4. The van der Waals surface area contributed by atoms with Crippen LogP contribution in [0.25, 0.3) is 0 Å². The first-order valence-corrected chi connectivity index (χ1v) is 6.10. The quantitative estimate of drug-likeness (QED) is 0.490. The molecule has 0 heterocycles. The number of nitrogens with zero attached hydrogens (tertiary/aromatic N) is 1. The molecule has 0 aliphatic rings. The summed E-state index contributed by atoms with van der Waals surface area (Å²) < 4.78 is 5.06. The Kier molecular flexibility index (Phi) is 4.32. The number of hydrogen-bond acceptors (Lipinski definition) is 4. The first-order valence-electron chi connectivity index (χ1n) is 5.73. The van der Waals surface area contributed by atoms with Crippen molar-refractivity contribution in [2.75, 3.05) is 0 Å². The third-order valence-corrected chi connectivity index (χ3v) is 2.82. The lowest BCUT2D eigenvalue weighted by molar-refractivity contribution is -0.385. The number of hydrogen-bond donors (Lipinski definition) is 0. The molecule has 0 atom stereocenters. The summed E-state index contributed by atoms with van der Waals surface area (Å²) >= 11 is 5.68. The van der Waals surface area contributed by atoms with Gasteiger partial charge >= 0.3 is 5.97 Å². The lowest BCUT2D eigenvalue weighted by Crippen LogP contribution is -2.08. The lowest BCUT2D eigenvalue weighted by atomic mass is 10.2. The minimum absolute atomic E-state index is 0.0550. The molecule has 0 aliphatic carbocycles. The third kappa shape index (κ3) is 3.33. The zero-order valence-electron chi connectivity index (χ0n) is 10.3. The molecule has 2 aromatic carbocycles. The summed E-state index contributed by atoms with van der Waals surface area (Å²) in [6.07, 6.45) is 0. The van der Waals surface area contributed by atoms with Crippen molar-refractivity contribution in [3.63, 3.8) is 0 Å². The van der Waals surface area contributed by atoms with Gasteiger partial charge in [-0.1, -0.05) is 41.9 Å². The summed E-state index contributed by atoms with van der Waals surface area (Å²) in [5.74, 6) is -0.753. The molecular formula is C14H10ClNO4. The van der Waals surface area contributed by atoms with Crippen LogP contribution < -0.4 is 0 Å². The molecule has 0 saturated carbocycles. The predicted octanol–water partition coefficient (Wildman–Crippen LogP) is 3.61. The second-order valence-electron chi connectivity index (χ2n) is 3.98. The van der Waals surface area contributed by atoms with E-state index in [1.54, 1.807) is 12.1 Å². The average Bonchev–Trinajstić information content (AvgIpc) is 2.45. The normalized spacial score (nSPS) is 10.1. The second-order valence-corrected chi connectivity index (χ2v) is 4.42. The van der Waals surface area contributed by atoms with Gasteiger partial charge in [0.2, 0.25) is 0 Å². The van der Waals surface area contributed by atoms with Crippen LogP contribution >= 0.6 is 11.6 Å². The van der Waals surface area contributed by atoms with Gasteiger partial charge in [0.15, 0.2) is 0 Å². The number of nitro groups is 1. The van der Waals surface area contributed by atoms with Crippen LogP contribution in [0.4, 0.5) is 5.69 Å². The van der Waals surface area contributed by atoms with Crippen molar-refractivity contribution in [3.05, 3.63) is 74.8 Å². The van der Waals surface area contributed by atoms with E-state index < -0.39 is 10.9 Å². The van der Waals surface area contributed by atoms with Crippen molar-refractivity contribution in [1.29, 1.82) is 0 Å². The van der Waals surface area contributed by atoms with Crippen molar-refractivity contribution in [2.24, 2.45) is 0 Å². The molecule has 0 amide bonds. The molecule has 0 radical (unpaired) electrons. The Hall–Kier alpha value is -2.40. The van der Waals surface area contributed by atoms with Gasteiger partial charge in [0.1, 0.15) is 12.2 Å². The Labute approximate surface area is 119 Å². The van der Waals surface area contributed by atoms with Crippen LogP contribution in [0.2, 0.25) is 5.02 Å². The van der Waals surface area contributed by atoms with Gasteiger partial charge in [-0.15, -0.1) is 0 Å². The lowest BCUT2D eigenvalue weighted by Gasteiger charge is -2.05. The largest absolute Gasteiger partial charge is 0.457 e. The monoisotopic (exact) mass is 291 g/mol. The van der Waals surface area contributed by atoms with E-state index in [0.717, 1.165) is 11.6 Å². The summed E-state index contributed by atoms with van der Waals surface area (Å²) in [5.41, 5.74) is 0.323. The summed E-state index contributed by atoms with van der Waals surface area (Å²) in [4.78, 5) is 22.1. The summed E-state index contributed by atoms with van der Waals surface area (Å²) in [6, 6.07) is 12.9. The van der Waals surface area contributed by atoms with Gasteiger partial charge < -0.3 is 4.74 Å². The van der Waals surface area contributed by atoms with Gasteiger partial charge in [-0.3, -0.25) is 10.1 Å². The minimum atomic E-state index is -0.753. The molecule has 0 bridgehead atoms. The van der Waals surface area contributed by atoms with Crippen molar-refractivity contribution < 1.29 is 14.5 Å². The molecule has 0 aromatic heterocycles. The molecule has 0 N–H and O–H groups in total. The van der Waals surface area contributed by atoms with E-state index in [4.69, 9.17) is 16.3 Å². The Balaban J connectivity index is 2.15. The third-order valence-electron chi connectivity index (χ3n) is 2.59. The molecule has 6 heteroatoms. The van der Waals surface area contributed by atoms with Crippen molar-refractivity contribution in [3.8, 4) is 0 Å². The highest BCUT2D eigenvalue weighted by molar-refractivity contribution is 6.31. The molecule has 0 unspecified atom stereocenters. The van der Waals surface area contributed by atoms with E-state index in [-0.39, 0.29) is 22.9 Å². The highest BCUT2D eigenvalue weighted by Crippen LogP contribution is 2.24. The maximum Gasteiger partial charge on any atom is 0.345 e. The van der Waals surface area contributed by atoms with Gasteiger partial charge in [0.25, 0.3) is 5.69 Å². The molecule has 0 saturated heterocycles. The number of carbonyl (C=O) groups is 1. The van der Waals surface area contributed by atoms with Gasteiger partial charge in [-0.05, 0) is 17.7 Å². The molecule has 0 spiro atoms. The Morgan fingerprint density at radius 3 is 2.55 bits per heavy atom. The fourth-order valence-electron chi connectivity index (χ4n) is 1.63. The maximum absolute atomic E-state index is 11.9. The number of carbonyl (C=O) groups excluding carboxylic acids is 1. The van der Waals surface area contributed by atoms with E-state index in [1.807, 2.05) is 18.2 Å². The van der Waals surface area contributed by atoms with Gasteiger partial charge in [0, 0.05) is 11.1 Å². The molecular weight excluding hydrogens is 282 g/mol. The number of ether oxygens (including phenoxy) is 1. The summed E-state index contributed by atoms with van der Waals surface area (Å²) in [7, 11) is 0. The molecule has 5 nitrogen and oxygen atoms in total. The molecule has 2 aromatic rings. The average molecular weight is 292 g/mol.